The van der Waals surface area contributed by atoms with Crippen molar-refractivity contribution in [2.75, 3.05) is 19.8 Å². The van der Waals surface area contributed by atoms with Crippen LogP contribution in [0.25, 0.3) is 11.1 Å². The van der Waals surface area contributed by atoms with Crippen LogP contribution in [0.3, 0.4) is 0 Å². The number of benzene rings is 2. The van der Waals surface area contributed by atoms with Crippen LogP contribution in [-0.4, -0.2) is 54.5 Å². The lowest BCUT2D eigenvalue weighted by Crippen LogP contribution is -2.58. The summed E-state index contributed by atoms with van der Waals surface area (Å²) in [5.74, 6) is -1.54. The third-order valence-electron chi connectivity index (χ3n) is 6.72. The molecule has 2 amide bonds. The molecule has 0 radical (unpaired) electrons. The van der Waals surface area contributed by atoms with Crippen molar-refractivity contribution >= 4 is 18.0 Å². The highest BCUT2D eigenvalue weighted by molar-refractivity contribution is 5.87. The number of rotatable bonds is 8. The highest BCUT2D eigenvalue weighted by Gasteiger charge is 2.41. The monoisotopic (exact) mass is 466 g/mol. The average Bonchev–Trinajstić information content (AvgIpc) is 3.16. The molecule has 2 aromatic rings. The van der Waals surface area contributed by atoms with Gasteiger partial charge in [-0.3, -0.25) is 4.79 Å². The van der Waals surface area contributed by atoms with E-state index in [4.69, 9.17) is 9.47 Å². The van der Waals surface area contributed by atoms with E-state index < -0.39 is 29.6 Å². The summed E-state index contributed by atoms with van der Waals surface area (Å²) < 4.78 is 10.8. The van der Waals surface area contributed by atoms with Crippen LogP contribution in [0.1, 0.15) is 49.7 Å². The van der Waals surface area contributed by atoms with E-state index in [2.05, 4.69) is 34.9 Å². The highest BCUT2D eigenvalue weighted by Crippen LogP contribution is 2.44. The molecule has 1 fully saturated rings. The number of carbonyl (C=O) groups excluding carboxylic acids is 2. The summed E-state index contributed by atoms with van der Waals surface area (Å²) in [7, 11) is 0. The Kier molecular flexibility index (Phi) is 7.17. The number of hydrogen-bond donors (Lipinski definition) is 3. The summed E-state index contributed by atoms with van der Waals surface area (Å²) in [6.45, 7) is 2.59. The van der Waals surface area contributed by atoms with Crippen LogP contribution >= 0.6 is 0 Å². The fourth-order valence-electron chi connectivity index (χ4n) is 4.76. The van der Waals surface area contributed by atoms with Gasteiger partial charge in [0.1, 0.15) is 12.1 Å². The number of aliphatic carboxylic acids is 1. The van der Waals surface area contributed by atoms with Gasteiger partial charge in [-0.15, -0.1) is 0 Å². The molecule has 1 aliphatic carbocycles. The lowest BCUT2D eigenvalue weighted by atomic mass is 9.89. The van der Waals surface area contributed by atoms with Crippen LogP contribution in [0.5, 0.6) is 0 Å². The standard InChI is InChI=1S/C26H30N2O6/c1-2-17(15-23(29)28-26(24(30)31)11-13-33-14-12-26)27-25(32)34-16-22-20-9-5-3-7-18(20)19-8-4-6-10-21(19)22/h3-10,17,22H,2,11-16H2,1H3,(H,27,32)(H,28,29)(H,30,31)/t17-/m0/s1. The molecule has 34 heavy (non-hydrogen) atoms. The van der Waals surface area contributed by atoms with E-state index in [1.807, 2.05) is 31.2 Å². The minimum Gasteiger partial charge on any atom is -0.480 e. The van der Waals surface area contributed by atoms with Crippen LogP contribution in [0.2, 0.25) is 0 Å². The first-order valence-electron chi connectivity index (χ1n) is 11.7. The van der Waals surface area contributed by atoms with Gasteiger partial charge < -0.3 is 25.2 Å². The number of fused-ring (bicyclic) bond motifs is 3. The van der Waals surface area contributed by atoms with Gasteiger partial charge in [-0.1, -0.05) is 55.5 Å². The molecule has 2 aliphatic rings. The Bertz CT molecular complexity index is 1020. The molecule has 0 bridgehead atoms. The number of carbonyl (C=O) groups is 3. The first-order chi connectivity index (χ1) is 16.4. The second-order valence-corrected chi connectivity index (χ2v) is 8.83. The molecule has 2 aromatic carbocycles. The van der Waals surface area contributed by atoms with Crippen LogP contribution in [0, 0.1) is 0 Å². The SMILES string of the molecule is CC[C@@H](CC(=O)NC1(C(=O)O)CCOCC1)NC(=O)OCC1c2ccccc2-c2ccccc21. The maximum absolute atomic E-state index is 12.6. The van der Waals surface area contributed by atoms with Gasteiger partial charge in [-0.05, 0) is 28.7 Å². The zero-order valence-electron chi connectivity index (χ0n) is 19.2. The average molecular weight is 467 g/mol. The maximum Gasteiger partial charge on any atom is 0.407 e. The summed E-state index contributed by atoms with van der Waals surface area (Å²) in [6, 6.07) is 15.7. The van der Waals surface area contributed by atoms with Crippen molar-refractivity contribution in [1.29, 1.82) is 0 Å². The zero-order chi connectivity index (χ0) is 24.1. The van der Waals surface area contributed by atoms with Crippen molar-refractivity contribution in [1.82, 2.24) is 10.6 Å². The molecule has 0 saturated carbocycles. The van der Waals surface area contributed by atoms with Gasteiger partial charge in [0.2, 0.25) is 5.91 Å². The second-order valence-electron chi connectivity index (χ2n) is 8.83. The molecule has 1 heterocycles. The van der Waals surface area contributed by atoms with Crippen molar-refractivity contribution in [3.05, 3.63) is 59.7 Å². The fraction of sp³-hybridized carbons (Fsp3) is 0.423. The van der Waals surface area contributed by atoms with E-state index in [1.54, 1.807) is 0 Å². The minimum atomic E-state index is -1.32. The number of alkyl carbamates (subject to hydrolysis) is 1. The van der Waals surface area contributed by atoms with Crippen molar-refractivity contribution in [2.24, 2.45) is 0 Å². The van der Waals surface area contributed by atoms with Crippen molar-refractivity contribution in [3.8, 4) is 11.1 Å². The minimum absolute atomic E-state index is 0.0312. The largest absolute Gasteiger partial charge is 0.480 e. The van der Waals surface area contributed by atoms with Crippen molar-refractivity contribution < 1.29 is 29.0 Å². The van der Waals surface area contributed by atoms with Crippen LogP contribution in [0.4, 0.5) is 4.79 Å². The van der Waals surface area contributed by atoms with Crippen molar-refractivity contribution in [3.63, 3.8) is 0 Å². The zero-order valence-corrected chi connectivity index (χ0v) is 19.2. The Balaban J connectivity index is 1.33. The summed E-state index contributed by atoms with van der Waals surface area (Å²) in [5, 5.41) is 15.0. The summed E-state index contributed by atoms with van der Waals surface area (Å²) in [6.07, 6.45) is 0.299. The van der Waals surface area contributed by atoms with Gasteiger partial charge in [-0.2, -0.15) is 0 Å². The van der Waals surface area contributed by atoms with E-state index >= 15 is 0 Å². The topological polar surface area (TPSA) is 114 Å². The maximum atomic E-state index is 12.6. The molecule has 4 rings (SSSR count). The van der Waals surface area contributed by atoms with E-state index in [9.17, 15) is 19.5 Å². The van der Waals surface area contributed by atoms with E-state index in [0.717, 1.165) is 22.3 Å². The normalized spacial score (nSPS) is 17.2. The predicted molar refractivity (Wildman–Crippen MR) is 125 cm³/mol. The lowest BCUT2D eigenvalue weighted by Gasteiger charge is -2.34. The summed E-state index contributed by atoms with van der Waals surface area (Å²) in [4.78, 5) is 36.9. The van der Waals surface area contributed by atoms with Gasteiger partial charge in [0.05, 0.1) is 0 Å². The Hall–Kier alpha value is -3.39. The summed E-state index contributed by atoms with van der Waals surface area (Å²) in [5.41, 5.74) is 3.22. The molecule has 0 unspecified atom stereocenters. The molecule has 1 aliphatic heterocycles. The first kappa shape index (κ1) is 23.8. The van der Waals surface area contributed by atoms with Gasteiger partial charge in [-0.25, -0.2) is 9.59 Å². The highest BCUT2D eigenvalue weighted by atomic mass is 16.5. The molecular weight excluding hydrogens is 436 g/mol. The molecule has 0 spiro atoms. The number of amides is 2. The molecule has 8 nitrogen and oxygen atoms in total. The molecule has 0 aromatic heterocycles. The third-order valence-corrected chi connectivity index (χ3v) is 6.72. The number of carboxylic acids is 1. The quantitative estimate of drug-likeness (QED) is 0.549. The molecule has 180 valence electrons. The second kappa shape index (κ2) is 10.3. The fourth-order valence-corrected chi connectivity index (χ4v) is 4.76. The molecule has 3 N–H and O–H groups in total. The van der Waals surface area contributed by atoms with Gasteiger partial charge in [0.25, 0.3) is 0 Å². The number of carboxylic acid groups (broad SMARTS) is 1. The number of hydrogen-bond acceptors (Lipinski definition) is 5. The Morgan fingerprint density at radius 3 is 2.21 bits per heavy atom. The smallest absolute Gasteiger partial charge is 0.407 e. The van der Waals surface area contributed by atoms with Crippen molar-refractivity contribution in [2.45, 2.75) is 50.1 Å². The van der Waals surface area contributed by atoms with Gasteiger partial charge >= 0.3 is 12.1 Å². The van der Waals surface area contributed by atoms with Crippen LogP contribution in [-0.2, 0) is 19.1 Å². The number of ether oxygens (including phenoxy) is 2. The molecule has 1 atom stereocenters. The Morgan fingerprint density at radius 1 is 1.06 bits per heavy atom. The Morgan fingerprint density at radius 2 is 1.65 bits per heavy atom. The van der Waals surface area contributed by atoms with E-state index in [1.165, 1.54) is 0 Å². The third kappa shape index (κ3) is 4.92. The van der Waals surface area contributed by atoms with Crippen LogP contribution < -0.4 is 10.6 Å². The lowest BCUT2D eigenvalue weighted by molar-refractivity contribution is -0.152. The Labute approximate surface area is 198 Å². The van der Waals surface area contributed by atoms with Crippen LogP contribution in [0.15, 0.2) is 48.5 Å². The first-order valence-corrected chi connectivity index (χ1v) is 11.7. The summed E-state index contributed by atoms with van der Waals surface area (Å²) >= 11 is 0. The molecular formula is C26H30N2O6. The molecule has 1 saturated heterocycles. The van der Waals surface area contributed by atoms with Gasteiger partial charge in [0.15, 0.2) is 0 Å². The predicted octanol–water partition coefficient (Wildman–Crippen LogP) is 3.44. The number of nitrogens with one attached hydrogen (secondary N) is 2. The van der Waals surface area contributed by atoms with Gasteiger partial charge in [0, 0.05) is 44.4 Å². The van der Waals surface area contributed by atoms with E-state index in [-0.39, 0.29) is 45.0 Å². The van der Waals surface area contributed by atoms with E-state index in [0.29, 0.717) is 6.42 Å². The molecule has 8 heteroatoms.